The summed E-state index contributed by atoms with van der Waals surface area (Å²) < 4.78 is 7.57. The molecule has 1 atom stereocenters. The summed E-state index contributed by atoms with van der Waals surface area (Å²) in [4.78, 5) is 8.68. The molecule has 0 radical (unpaired) electrons. The molecule has 0 spiro atoms. The van der Waals surface area contributed by atoms with Gasteiger partial charge < -0.3 is 19.9 Å². The molecule has 1 fully saturated rings. The number of fused-ring (bicyclic) bond motifs is 1. The summed E-state index contributed by atoms with van der Waals surface area (Å²) in [7, 11) is 0. The Balaban J connectivity index is 1.77. The number of nitrogens with zero attached hydrogens (tertiary/aromatic N) is 3. The number of nitrogen functional groups attached to an aromatic ring is 1. The highest BCUT2D eigenvalue weighted by Gasteiger charge is 2.15. The van der Waals surface area contributed by atoms with Crippen LogP contribution in [0.5, 0.6) is 0 Å². The highest BCUT2D eigenvalue weighted by Crippen LogP contribution is 2.18. The van der Waals surface area contributed by atoms with Crippen molar-refractivity contribution in [2.45, 2.75) is 25.4 Å². The molecule has 7 nitrogen and oxygen atoms in total. The fourth-order valence-corrected chi connectivity index (χ4v) is 2.30. The van der Waals surface area contributed by atoms with E-state index in [4.69, 9.17) is 10.6 Å². The molecule has 1 aliphatic heterocycles. The highest BCUT2D eigenvalue weighted by molar-refractivity contribution is 5.65. The fourth-order valence-electron chi connectivity index (χ4n) is 2.30. The van der Waals surface area contributed by atoms with Crippen molar-refractivity contribution in [1.82, 2.24) is 14.4 Å². The number of ether oxygens (including phenoxy) is 1. The van der Waals surface area contributed by atoms with E-state index < -0.39 is 0 Å². The van der Waals surface area contributed by atoms with Gasteiger partial charge in [-0.25, -0.2) is 15.8 Å². The zero-order chi connectivity index (χ0) is 13.1. The summed E-state index contributed by atoms with van der Waals surface area (Å²) in [5, 5.41) is 3.30. The van der Waals surface area contributed by atoms with Crippen LogP contribution in [0.3, 0.4) is 0 Å². The van der Waals surface area contributed by atoms with Gasteiger partial charge in [-0.05, 0) is 19.3 Å². The van der Waals surface area contributed by atoms with Crippen LogP contribution in [0.1, 0.15) is 19.3 Å². The first-order valence-corrected chi connectivity index (χ1v) is 6.52. The Kier molecular flexibility index (Phi) is 3.47. The predicted octanol–water partition coefficient (Wildman–Crippen LogP) is 0.996. The minimum Gasteiger partial charge on any atom is -0.376 e. The van der Waals surface area contributed by atoms with Gasteiger partial charge in [-0.2, -0.15) is 0 Å². The normalized spacial score (nSPS) is 19.5. The third-order valence-electron chi connectivity index (χ3n) is 3.29. The van der Waals surface area contributed by atoms with Crippen LogP contribution in [-0.2, 0) is 4.74 Å². The molecule has 2 aromatic rings. The number of nitrogens with two attached hydrogens (primary N) is 1. The fraction of sp³-hybridized carbons (Fsp3) is 0.500. The van der Waals surface area contributed by atoms with E-state index in [0.29, 0.717) is 5.82 Å². The van der Waals surface area contributed by atoms with E-state index in [1.807, 2.05) is 10.6 Å². The van der Waals surface area contributed by atoms with Gasteiger partial charge in [0.05, 0.1) is 12.3 Å². The lowest BCUT2D eigenvalue weighted by Crippen LogP contribution is -2.27. The van der Waals surface area contributed by atoms with Gasteiger partial charge in [0.1, 0.15) is 0 Å². The van der Waals surface area contributed by atoms with Crippen molar-refractivity contribution in [3.63, 3.8) is 0 Å². The van der Waals surface area contributed by atoms with Crippen LogP contribution < -0.4 is 16.6 Å². The van der Waals surface area contributed by atoms with Crippen LogP contribution in [0.4, 0.5) is 11.6 Å². The SMILES string of the molecule is NNc1cn2ccnc2c(NCC2CCCCO2)n1. The number of rotatable bonds is 4. The topological polar surface area (TPSA) is 89.5 Å². The molecule has 0 amide bonds. The number of aromatic nitrogens is 3. The molecule has 4 N–H and O–H groups in total. The first kappa shape index (κ1) is 12.2. The standard InChI is InChI=1S/C12H18N6O/c13-17-10-8-18-5-4-14-12(18)11(16-10)15-7-9-3-1-2-6-19-9/h4-5,8-9,17H,1-3,6-7,13H2,(H,15,16). The Bertz CT molecular complexity index is 548. The molecule has 0 aromatic carbocycles. The molecule has 3 heterocycles. The maximum absolute atomic E-state index is 5.69. The number of anilines is 2. The van der Waals surface area contributed by atoms with Crippen LogP contribution in [0, 0.1) is 0 Å². The minimum absolute atomic E-state index is 0.250. The first-order chi connectivity index (χ1) is 9.36. The van der Waals surface area contributed by atoms with Crippen molar-refractivity contribution in [2.24, 2.45) is 5.84 Å². The second kappa shape index (κ2) is 5.41. The summed E-state index contributed by atoms with van der Waals surface area (Å²) in [6, 6.07) is 0. The molecule has 19 heavy (non-hydrogen) atoms. The molecular weight excluding hydrogens is 244 g/mol. The van der Waals surface area contributed by atoms with Crippen LogP contribution in [0.2, 0.25) is 0 Å². The van der Waals surface area contributed by atoms with Crippen LogP contribution in [0.15, 0.2) is 18.6 Å². The summed E-state index contributed by atoms with van der Waals surface area (Å²) in [5.41, 5.74) is 3.34. The van der Waals surface area contributed by atoms with E-state index >= 15 is 0 Å². The summed E-state index contributed by atoms with van der Waals surface area (Å²) in [5.74, 6) is 6.73. The highest BCUT2D eigenvalue weighted by atomic mass is 16.5. The van der Waals surface area contributed by atoms with Gasteiger partial charge in [-0.1, -0.05) is 0 Å². The third kappa shape index (κ3) is 2.61. The second-order valence-corrected chi connectivity index (χ2v) is 4.65. The lowest BCUT2D eigenvalue weighted by molar-refractivity contribution is 0.0247. The summed E-state index contributed by atoms with van der Waals surface area (Å²) in [6.07, 6.45) is 9.12. The van der Waals surface area contributed by atoms with E-state index in [-0.39, 0.29) is 6.10 Å². The zero-order valence-electron chi connectivity index (χ0n) is 10.7. The molecule has 0 bridgehead atoms. The van der Waals surface area contributed by atoms with Crippen LogP contribution >= 0.6 is 0 Å². The monoisotopic (exact) mass is 262 g/mol. The molecule has 3 rings (SSSR count). The molecule has 1 saturated heterocycles. The van der Waals surface area contributed by atoms with Crippen molar-refractivity contribution in [3.05, 3.63) is 18.6 Å². The molecule has 7 heteroatoms. The Labute approximate surface area is 111 Å². The van der Waals surface area contributed by atoms with Gasteiger partial charge in [0.15, 0.2) is 17.3 Å². The van der Waals surface area contributed by atoms with Gasteiger partial charge in [0.2, 0.25) is 0 Å². The Morgan fingerprint density at radius 1 is 1.47 bits per heavy atom. The van der Waals surface area contributed by atoms with Gasteiger partial charge in [-0.3, -0.25) is 0 Å². The third-order valence-corrected chi connectivity index (χ3v) is 3.29. The van der Waals surface area contributed by atoms with Gasteiger partial charge >= 0.3 is 0 Å². The molecular formula is C12H18N6O. The second-order valence-electron chi connectivity index (χ2n) is 4.65. The molecule has 0 aliphatic carbocycles. The predicted molar refractivity (Wildman–Crippen MR) is 72.9 cm³/mol. The number of hydrazine groups is 1. The van der Waals surface area contributed by atoms with Crippen molar-refractivity contribution >= 4 is 17.3 Å². The van der Waals surface area contributed by atoms with Crippen molar-refractivity contribution < 1.29 is 4.74 Å². The summed E-state index contributed by atoms with van der Waals surface area (Å²) in [6.45, 7) is 1.59. The largest absolute Gasteiger partial charge is 0.376 e. The average molecular weight is 262 g/mol. The van der Waals surface area contributed by atoms with Gasteiger partial charge in [0.25, 0.3) is 0 Å². The quantitative estimate of drug-likeness (QED) is 0.562. The minimum atomic E-state index is 0.250. The number of hydrogen-bond acceptors (Lipinski definition) is 6. The van der Waals surface area contributed by atoms with E-state index in [2.05, 4.69) is 20.7 Å². The first-order valence-electron chi connectivity index (χ1n) is 6.52. The van der Waals surface area contributed by atoms with E-state index in [9.17, 15) is 0 Å². The molecule has 1 aliphatic rings. The van der Waals surface area contributed by atoms with Crippen molar-refractivity contribution in [2.75, 3.05) is 23.9 Å². The Morgan fingerprint density at radius 3 is 3.21 bits per heavy atom. The lowest BCUT2D eigenvalue weighted by Gasteiger charge is -2.23. The number of hydrogen-bond donors (Lipinski definition) is 3. The van der Waals surface area contributed by atoms with Gasteiger partial charge in [0, 0.05) is 25.5 Å². The Hall–Kier alpha value is -1.86. The van der Waals surface area contributed by atoms with E-state index in [1.54, 1.807) is 12.4 Å². The van der Waals surface area contributed by atoms with Gasteiger partial charge in [-0.15, -0.1) is 0 Å². The smallest absolute Gasteiger partial charge is 0.180 e. The maximum Gasteiger partial charge on any atom is 0.180 e. The maximum atomic E-state index is 5.69. The molecule has 2 aromatic heterocycles. The van der Waals surface area contributed by atoms with E-state index in [1.165, 1.54) is 6.42 Å². The summed E-state index contributed by atoms with van der Waals surface area (Å²) >= 11 is 0. The molecule has 0 saturated carbocycles. The average Bonchev–Trinajstić information content (AvgIpc) is 2.94. The zero-order valence-corrected chi connectivity index (χ0v) is 10.7. The lowest BCUT2D eigenvalue weighted by atomic mass is 10.1. The Morgan fingerprint density at radius 2 is 2.42 bits per heavy atom. The van der Waals surface area contributed by atoms with Crippen molar-refractivity contribution in [3.8, 4) is 0 Å². The van der Waals surface area contributed by atoms with Crippen LogP contribution in [0.25, 0.3) is 5.65 Å². The molecule has 102 valence electrons. The number of imidazole rings is 1. The van der Waals surface area contributed by atoms with Crippen LogP contribution in [-0.4, -0.2) is 33.6 Å². The number of nitrogens with one attached hydrogen (secondary N) is 2. The van der Waals surface area contributed by atoms with E-state index in [0.717, 1.165) is 37.5 Å². The van der Waals surface area contributed by atoms with Crippen molar-refractivity contribution in [1.29, 1.82) is 0 Å². The molecule has 1 unspecified atom stereocenters.